The number of benzene rings is 1. The molecule has 0 saturated carbocycles. The average molecular weight is 198 g/mol. The fourth-order valence-electron chi connectivity index (χ4n) is 1.63. The summed E-state index contributed by atoms with van der Waals surface area (Å²) in [7, 11) is 1.52. The first kappa shape index (κ1) is 11.0. The van der Waals surface area contributed by atoms with Crippen molar-refractivity contribution in [1.29, 1.82) is 0 Å². The summed E-state index contributed by atoms with van der Waals surface area (Å²) < 4.78 is 18.5. The van der Waals surface area contributed by atoms with E-state index in [-0.39, 0.29) is 12.4 Å². The number of hydrogen-bond acceptors (Lipinski definition) is 2. The van der Waals surface area contributed by atoms with E-state index in [0.29, 0.717) is 16.9 Å². The first-order valence-corrected chi connectivity index (χ1v) is 4.61. The quantitative estimate of drug-likeness (QED) is 0.806. The lowest BCUT2D eigenvalue weighted by Crippen LogP contribution is -2.02. The molecular weight excluding hydrogens is 183 g/mol. The zero-order chi connectivity index (χ0) is 10.7. The number of methoxy groups -OCH3 is 1. The molecule has 1 aromatic rings. The minimum atomic E-state index is -0.330. The summed E-state index contributed by atoms with van der Waals surface area (Å²) in [6, 6.07) is 1.37. The van der Waals surface area contributed by atoms with E-state index < -0.39 is 0 Å². The molecule has 0 fully saturated rings. The van der Waals surface area contributed by atoms with Crippen molar-refractivity contribution in [2.45, 2.75) is 26.9 Å². The van der Waals surface area contributed by atoms with Crippen LogP contribution in [0.3, 0.4) is 0 Å². The van der Waals surface area contributed by atoms with Gasteiger partial charge in [-0.05, 0) is 30.5 Å². The summed E-state index contributed by atoms with van der Waals surface area (Å²) in [5.74, 6) is 0.222. The minimum absolute atomic E-state index is 0.156. The van der Waals surface area contributed by atoms with E-state index in [2.05, 4.69) is 0 Å². The lowest BCUT2D eigenvalue weighted by molar-refractivity contribution is 0.278. The van der Waals surface area contributed by atoms with Gasteiger partial charge in [-0.25, -0.2) is 4.39 Å². The molecule has 2 nitrogen and oxygen atoms in total. The maximum absolute atomic E-state index is 13.3. The van der Waals surface area contributed by atoms with Crippen molar-refractivity contribution in [2.24, 2.45) is 0 Å². The smallest absolute Gasteiger partial charge is 0.130 e. The van der Waals surface area contributed by atoms with Crippen LogP contribution in [0.25, 0.3) is 0 Å². The average Bonchev–Trinajstić information content (AvgIpc) is 2.20. The third-order valence-electron chi connectivity index (χ3n) is 2.39. The zero-order valence-electron chi connectivity index (χ0n) is 8.72. The molecule has 0 spiro atoms. The van der Waals surface area contributed by atoms with Crippen LogP contribution in [0.5, 0.6) is 5.75 Å². The second kappa shape index (κ2) is 4.42. The second-order valence-electron chi connectivity index (χ2n) is 3.17. The van der Waals surface area contributed by atoms with E-state index >= 15 is 0 Å². The highest BCUT2D eigenvalue weighted by molar-refractivity contribution is 5.46. The Morgan fingerprint density at radius 1 is 1.50 bits per heavy atom. The van der Waals surface area contributed by atoms with Crippen LogP contribution in [0.15, 0.2) is 6.07 Å². The number of aliphatic hydroxyl groups is 1. The normalized spacial score (nSPS) is 10.4. The van der Waals surface area contributed by atoms with Crippen molar-refractivity contribution in [3.8, 4) is 5.75 Å². The Morgan fingerprint density at radius 3 is 2.57 bits per heavy atom. The highest BCUT2D eigenvalue weighted by Crippen LogP contribution is 2.29. The molecule has 1 aromatic carbocycles. The number of hydrogen-bond donors (Lipinski definition) is 1. The van der Waals surface area contributed by atoms with Gasteiger partial charge in [0.1, 0.15) is 11.6 Å². The van der Waals surface area contributed by atoms with Crippen LogP contribution in [0.2, 0.25) is 0 Å². The monoisotopic (exact) mass is 198 g/mol. The van der Waals surface area contributed by atoms with Crippen molar-refractivity contribution < 1.29 is 14.2 Å². The predicted octanol–water partition coefficient (Wildman–Crippen LogP) is 2.20. The van der Waals surface area contributed by atoms with E-state index in [1.165, 1.54) is 13.2 Å². The maximum Gasteiger partial charge on any atom is 0.130 e. The fourth-order valence-corrected chi connectivity index (χ4v) is 1.63. The standard InChI is InChI=1S/C11H15FO2/c1-4-9-8(6-13)5-10(12)7(2)11(9)14-3/h5,13H,4,6H2,1-3H3. The molecule has 0 aliphatic carbocycles. The van der Waals surface area contributed by atoms with Crippen LogP contribution in [-0.2, 0) is 13.0 Å². The van der Waals surface area contributed by atoms with Crippen molar-refractivity contribution in [3.63, 3.8) is 0 Å². The van der Waals surface area contributed by atoms with Gasteiger partial charge in [0.2, 0.25) is 0 Å². The van der Waals surface area contributed by atoms with E-state index in [1.54, 1.807) is 6.92 Å². The minimum Gasteiger partial charge on any atom is -0.496 e. The Bertz CT molecular complexity index is 335. The predicted molar refractivity (Wildman–Crippen MR) is 53.0 cm³/mol. The molecule has 78 valence electrons. The van der Waals surface area contributed by atoms with Crippen molar-refractivity contribution >= 4 is 0 Å². The molecule has 1 N–H and O–H groups in total. The van der Waals surface area contributed by atoms with Crippen LogP contribution in [0.4, 0.5) is 4.39 Å². The van der Waals surface area contributed by atoms with Crippen LogP contribution >= 0.6 is 0 Å². The molecule has 1 rings (SSSR count). The largest absolute Gasteiger partial charge is 0.496 e. The Balaban J connectivity index is 3.42. The fraction of sp³-hybridized carbons (Fsp3) is 0.455. The molecule has 0 radical (unpaired) electrons. The molecule has 0 aliphatic heterocycles. The number of halogens is 1. The van der Waals surface area contributed by atoms with Gasteiger partial charge in [-0.2, -0.15) is 0 Å². The van der Waals surface area contributed by atoms with Crippen LogP contribution in [0.1, 0.15) is 23.6 Å². The molecular formula is C11H15FO2. The van der Waals surface area contributed by atoms with E-state index in [9.17, 15) is 4.39 Å². The third kappa shape index (κ3) is 1.73. The molecule has 0 atom stereocenters. The van der Waals surface area contributed by atoms with Gasteiger partial charge in [0.25, 0.3) is 0 Å². The molecule has 0 amide bonds. The number of ether oxygens (including phenoxy) is 1. The van der Waals surface area contributed by atoms with Gasteiger partial charge in [0, 0.05) is 5.56 Å². The third-order valence-corrected chi connectivity index (χ3v) is 2.39. The van der Waals surface area contributed by atoms with Gasteiger partial charge in [0.15, 0.2) is 0 Å². The highest BCUT2D eigenvalue weighted by atomic mass is 19.1. The highest BCUT2D eigenvalue weighted by Gasteiger charge is 2.14. The van der Waals surface area contributed by atoms with Crippen molar-refractivity contribution in [1.82, 2.24) is 0 Å². The van der Waals surface area contributed by atoms with Gasteiger partial charge in [-0.1, -0.05) is 6.92 Å². The topological polar surface area (TPSA) is 29.5 Å². The van der Waals surface area contributed by atoms with Gasteiger partial charge >= 0.3 is 0 Å². The first-order valence-electron chi connectivity index (χ1n) is 4.61. The summed E-state index contributed by atoms with van der Waals surface area (Å²) in [6.45, 7) is 3.47. The Kier molecular flexibility index (Phi) is 3.47. The summed E-state index contributed by atoms with van der Waals surface area (Å²) in [5.41, 5.74) is 1.99. The summed E-state index contributed by atoms with van der Waals surface area (Å²) in [6.07, 6.45) is 0.722. The molecule has 0 bridgehead atoms. The van der Waals surface area contributed by atoms with Crippen LogP contribution in [-0.4, -0.2) is 12.2 Å². The molecule has 0 aromatic heterocycles. The number of rotatable bonds is 3. The van der Waals surface area contributed by atoms with Gasteiger partial charge in [-0.15, -0.1) is 0 Å². The molecule has 3 heteroatoms. The second-order valence-corrected chi connectivity index (χ2v) is 3.17. The van der Waals surface area contributed by atoms with Crippen molar-refractivity contribution in [2.75, 3.05) is 7.11 Å². The van der Waals surface area contributed by atoms with Gasteiger partial charge in [0.05, 0.1) is 13.7 Å². The van der Waals surface area contributed by atoms with Crippen LogP contribution in [0, 0.1) is 12.7 Å². The first-order chi connectivity index (χ1) is 6.65. The maximum atomic E-state index is 13.3. The zero-order valence-corrected chi connectivity index (χ0v) is 8.72. The molecule has 0 unspecified atom stereocenters. The molecule has 14 heavy (non-hydrogen) atoms. The lowest BCUT2D eigenvalue weighted by atomic mass is 10.0. The van der Waals surface area contributed by atoms with E-state index in [4.69, 9.17) is 9.84 Å². The van der Waals surface area contributed by atoms with Gasteiger partial charge < -0.3 is 9.84 Å². The summed E-state index contributed by atoms with van der Waals surface area (Å²) in [4.78, 5) is 0. The van der Waals surface area contributed by atoms with Crippen LogP contribution < -0.4 is 4.74 Å². The SMILES string of the molecule is CCc1c(CO)cc(F)c(C)c1OC. The Morgan fingerprint density at radius 2 is 2.14 bits per heavy atom. The number of aliphatic hydroxyl groups excluding tert-OH is 1. The summed E-state index contributed by atoms with van der Waals surface area (Å²) in [5, 5.41) is 9.06. The molecule has 0 saturated heterocycles. The van der Waals surface area contributed by atoms with Crippen molar-refractivity contribution in [3.05, 3.63) is 28.6 Å². The van der Waals surface area contributed by atoms with E-state index in [1.807, 2.05) is 6.92 Å². The lowest BCUT2D eigenvalue weighted by Gasteiger charge is -2.14. The molecule has 0 heterocycles. The molecule has 0 aliphatic rings. The summed E-state index contributed by atoms with van der Waals surface area (Å²) >= 11 is 0. The van der Waals surface area contributed by atoms with Gasteiger partial charge in [-0.3, -0.25) is 0 Å². The Labute approximate surface area is 83.3 Å². The Hall–Kier alpha value is -1.09. The van der Waals surface area contributed by atoms with E-state index in [0.717, 1.165) is 12.0 Å².